The summed E-state index contributed by atoms with van der Waals surface area (Å²) in [4.78, 5) is 14.3. The number of likely N-dealkylation sites (tertiary alicyclic amines) is 1. The topological polar surface area (TPSA) is 41.6 Å². The van der Waals surface area contributed by atoms with Crippen molar-refractivity contribution in [1.82, 2.24) is 10.2 Å². The normalized spacial score (nSPS) is 18.1. The Morgan fingerprint density at radius 3 is 2.60 bits per heavy atom. The third kappa shape index (κ3) is 6.19. The Morgan fingerprint density at radius 1 is 1.24 bits per heavy atom. The van der Waals surface area contributed by atoms with Crippen LogP contribution in [0, 0.1) is 5.92 Å². The van der Waals surface area contributed by atoms with Gasteiger partial charge in [-0.3, -0.25) is 4.79 Å². The summed E-state index contributed by atoms with van der Waals surface area (Å²) in [6.45, 7) is 7.31. The van der Waals surface area contributed by atoms with Crippen LogP contribution in [0.5, 0.6) is 5.75 Å². The second-order valence-electron chi connectivity index (χ2n) is 7.52. The predicted octanol–water partition coefficient (Wildman–Crippen LogP) is 3.60. The maximum absolute atomic E-state index is 12.4. The van der Waals surface area contributed by atoms with Crippen molar-refractivity contribution >= 4 is 18.3 Å². The van der Waals surface area contributed by atoms with Gasteiger partial charge in [-0.15, -0.1) is 12.4 Å². The van der Waals surface area contributed by atoms with Crippen LogP contribution in [-0.2, 0) is 4.79 Å². The molecule has 0 spiro atoms. The number of hydrogen-bond donors (Lipinski definition) is 1. The van der Waals surface area contributed by atoms with E-state index in [1.54, 1.807) is 0 Å². The van der Waals surface area contributed by atoms with E-state index >= 15 is 0 Å². The van der Waals surface area contributed by atoms with Gasteiger partial charge in [0.05, 0.1) is 0 Å². The van der Waals surface area contributed by atoms with Crippen LogP contribution in [-0.4, -0.2) is 43.1 Å². The van der Waals surface area contributed by atoms with E-state index in [0.717, 1.165) is 44.1 Å². The van der Waals surface area contributed by atoms with Crippen LogP contribution in [0.1, 0.15) is 51.0 Å². The predicted molar refractivity (Wildman–Crippen MR) is 104 cm³/mol. The standard InChI is InChI=1S/C20H30N2O2.ClH/c1-15(2)17-4-3-5-19(12-17)24-14-20(23)22-10-8-18(9-11-22)21-13-16-6-7-16;/h3-5,12,15-16,18,21H,6-11,13-14H2,1-2H3;1H. The molecule has 2 fully saturated rings. The molecule has 1 aromatic carbocycles. The van der Waals surface area contributed by atoms with E-state index < -0.39 is 0 Å². The van der Waals surface area contributed by atoms with Crippen molar-refractivity contribution in [2.45, 2.75) is 51.5 Å². The average Bonchev–Trinajstić information content (AvgIpc) is 3.43. The Balaban J connectivity index is 0.00000225. The number of piperidine rings is 1. The Hall–Kier alpha value is -1.26. The van der Waals surface area contributed by atoms with Crippen LogP contribution in [0.4, 0.5) is 0 Å². The van der Waals surface area contributed by atoms with Crippen LogP contribution in [0.3, 0.4) is 0 Å². The Kier molecular flexibility index (Phi) is 7.57. The number of amides is 1. The number of rotatable bonds is 7. The summed E-state index contributed by atoms with van der Waals surface area (Å²) in [5.74, 6) is 2.27. The first-order valence-electron chi connectivity index (χ1n) is 9.35. The Morgan fingerprint density at radius 2 is 1.96 bits per heavy atom. The molecule has 5 heteroatoms. The van der Waals surface area contributed by atoms with Crippen LogP contribution in [0.15, 0.2) is 24.3 Å². The first-order valence-corrected chi connectivity index (χ1v) is 9.35. The molecular weight excluding hydrogens is 336 g/mol. The van der Waals surface area contributed by atoms with Gasteiger partial charge in [-0.25, -0.2) is 0 Å². The SMILES string of the molecule is CC(C)c1cccc(OCC(=O)N2CCC(NCC3CC3)CC2)c1.Cl. The molecule has 1 saturated carbocycles. The number of benzene rings is 1. The molecular formula is C20H31ClN2O2. The lowest BCUT2D eigenvalue weighted by atomic mass is 10.0. The summed E-state index contributed by atoms with van der Waals surface area (Å²) in [5.41, 5.74) is 1.24. The number of nitrogens with one attached hydrogen (secondary N) is 1. The van der Waals surface area contributed by atoms with Crippen molar-refractivity contribution < 1.29 is 9.53 Å². The summed E-state index contributed by atoms with van der Waals surface area (Å²) in [5, 5.41) is 3.65. The van der Waals surface area contributed by atoms with Gasteiger partial charge in [0.15, 0.2) is 6.61 Å². The van der Waals surface area contributed by atoms with Crippen LogP contribution in [0.25, 0.3) is 0 Å². The second-order valence-corrected chi connectivity index (χ2v) is 7.52. The second kappa shape index (κ2) is 9.44. The van der Waals surface area contributed by atoms with Gasteiger partial charge in [0.2, 0.25) is 0 Å². The molecule has 1 aliphatic heterocycles. The van der Waals surface area contributed by atoms with Crippen molar-refractivity contribution in [2.24, 2.45) is 5.92 Å². The molecule has 0 bridgehead atoms. The van der Waals surface area contributed by atoms with E-state index in [9.17, 15) is 4.79 Å². The fraction of sp³-hybridized carbons (Fsp3) is 0.650. The van der Waals surface area contributed by atoms with Gasteiger partial charge in [0.1, 0.15) is 5.75 Å². The number of carbonyl (C=O) groups is 1. The van der Waals surface area contributed by atoms with E-state index in [1.165, 1.54) is 18.4 Å². The van der Waals surface area contributed by atoms with Gasteiger partial charge in [0, 0.05) is 19.1 Å². The Labute approximate surface area is 157 Å². The molecule has 2 aliphatic rings. The maximum atomic E-state index is 12.4. The molecule has 1 heterocycles. The minimum Gasteiger partial charge on any atom is -0.484 e. The molecule has 1 aliphatic carbocycles. The Bertz CT molecular complexity index is 552. The lowest BCUT2D eigenvalue weighted by Gasteiger charge is -2.32. The highest BCUT2D eigenvalue weighted by molar-refractivity contribution is 5.85. The molecule has 1 aromatic rings. The van der Waals surface area contributed by atoms with Gasteiger partial charge < -0.3 is 15.0 Å². The molecule has 0 aromatic heterocycles. The largest absolute Gasteiger partial charge is 0.484 e. The zero-order chi connectivity index (χ0) is 16.9. The lowest BCUT2D eigenvalue weighted by Crippen LogP contribution is -2.46. The lowest BCUT2D eigenvalue weighted by molar-refractivity contribution is -0.134. The summed E-state index contributed by atoms with van der Waals surface area (Å²) < 4.78 is 5.72. The van der Waals surface area contributed by atoms with E-state index in [0.29, 0.717) is 12.0 Å². The van der Waals surface area contributed by atoms with Crippen LogP contribution < -0.4 is 10.1 Å². The molecule has 1 saturated heterocycles. The first kappa shape index (κ1) is 20.1. The summed E-state index contributed by atoms with van der Waals surface area (Å²) in [6.07, 6.45) is 4.89. The van der Waals surface area contributed by atoms with Crippen LogP contribution >= 0.6 is 12.4 Å². The van der Waals surface area contributed by atoms with Gasteiger partial charge in [-0.05, 0) is 61.8 Å². The fourth-order valence-electron chi connectivity index (χ4n) is 3.19. The average molecular weight is 367 g/mol. The van der Waals surface area contributed by atoms with E-state index in [2.05, 4.69) is 25.2 Å². The van der Waals surface area contributed by atoms with Crippen molar-refractivity contribution in [3.05, 3.63) is 29.8 Å². The minimum absolute atomic E-state index is 0. The maximum Gasteiger partial charge on any atom is 0.260 e. The zero-order valence-electron chi connectivity index (χ0n) is 15.4. The smallest absolute Gasteiger partial charge is 0.260 e. The van der Waals surface area contributed by atoms with Gasteiger partial charge in [0.25, 0.3) is 5.91 Å². The molecule has 4 nitrogen and oxygen atoms in total. The third-order valence-electron chi connectivity index (χ3n) is 5.13. The molecule has 3 rings (SSSR count). The molecule has 140 valence electrons. The van der Waals surface area contributed by atoms with Crippen molar-refractivity contribution in [2.75, 3.05) is 26.2 Å². The summed E-state index contributed by atoms with van der Waals surface area (Å²) >= 11 is 0. The number of halogens is 1. The van der Waals surface area contributed by atoms with Crippen LogP contribution in [0.2, 0.25) is 0 Å². The minimum atomic E-state index is 0. The quantitative estimate of drug-likeness (QED) is 0.801. The molecule has 1 N–H and O–H groups in total. The molecule has 0 atom stereocenters. The van der Waals surface area contributed by atoms with Gasteiger partial charge in [-0.1, -0.05) is 26.0 Å². The summed E-state index contributed by atoms with van der Waals surface area (Å²) in [6, 6.07) is 8.63. The highest BCUT2D eigenvalue weighted by Gasteiger charge is 2.26. The highest BCUT2D eigenvalue weighted by atomic mass is 35.5. The zero-order valence-corrected chi connectivity index (χ0v) is 16.2. The van der Waals surface area contributed by atoms with Gasteiger partial charge >= 0.3 is 0 Å². The van der Waals surface area contributed by atoms with Crippen molar-refractivity contribution in [1.29, 1.82) is 0 Å². The van der Waals surface area contributed by atoms with Crippen molar-refractivity contribution in [3.63, 3.8) is 0 Å². The molecule has 0 unspecified atom stereocenters. The van der Waals surface area contributed by atoms with E-state index in [4.69, 9.17) is 4.74 Å². The number of ether oxygens (including phenoxy) is 1. The summed E-state index contributed by atoms with van der Waals surface area (Å²) in [7, 11) is 0. The molecule has 25 heavy (non-hydrogen) atoms. The molecule has 1 amide bonds. The number of hydrogen-bond acceptors (Lipinski definition) is 3. The highest BCUT2D eigenvalue weighted by Crippen LogP contribution is 2.28. The first-order chi connectivity index (χ1) is 11.6. The number of nitrogens with zero attached hydrogens (tertiary/aromatic N) is 1. The van der Waals surface area contributed by atoms with Crippen molar-refractivity contribution in [3.8, 4) is 5.75 Å². The van der Waals surface area contributed by atoms with E-state index in [1.807, 2.05) is 23.1 Å². The van der Waals surface area contributed by atoms with Gasteiger partial charge in [-0.2, -0.15) is 0 Å². The molecule has 0 radical (unpaired) electrons. The number of carbonyl (C=O) groups excluding carboxylic acids is 1. The fourth-order valence-corrected chi connectivity index (χ4v) is 3.19. The van der Waals surface area contributed by atoms with E-state index in [-0.39, 0.29) is 24.9 Å². The monoisotopic (exact) mass is 366 g/mol. The third-order valence-corrected chi connectivity index (χ3v) is 5.13.